The van der Waals surface area contributed by atoms with Crippen LogP contribution in [-0.4, -0.2) is 47.4 Å². The Morgan fingerprint density at radius 2 is 0.600 bits per heavy atom. The Labute approximate surface area is 531 Å². The standard InChI is InChI=1S/C79H149NO5/c1-3-5-7-9-11-13-15-17-44-47-51-55-59-63-67-71-77(82)76(75-81)80-78(83)72-68-64-60-56-52-48-45-42-40-38-36-34-32-30-28-26-24-22-20-19-21-23-25-27-29-31-33-35-37-39-41-43-46-50-54-58-62-66-70-74-85-79(84)73-69-65-61-57-53-49-18-16-14-12-10-8-6-4-2/h10,12,16,18-20,23,25,76-77,81-82H,3-9,11,13-15,17,21-22,24,26-75H2,1-2H3,(H,80,83)/b12-10-,18-16-,20-19-,25-23-. The predicted molar refractivity (Wildman–Crippen MR) is 375 cm³/mol. The lowest BCUT2D eigenvalue weighted by Crippen LogP contribution is -2.45. The molecule has 0 aliphatic heterocycles. The first-order valence-corrected chi connectivity index (χ1v) is 38.4. The minimum absolute atomic E-state index is 0.00581. The molecule has 0 aromatic rings. The lowest BCUT2D eigenvalue weighted by atomic mass is 10.0. The molecule has 0 aliphatic rings. The summed E-state index contributed by atoms with van der Waals surface area (Å²) < 4.78 is 5.49. The summed E-state index contributed by atoms with van der Waals surface area (Å²) in [4.78, 5) is 24.6. The molecule has 2 atom stereocenters. The van der Waals surface area contributed by atoms with Crippen LogP contribution in [0, 0.1) is 0 Å². The number of ether oxygens (including phenoxy) is 1. The van der Waals surface area contributed by atoms with Gasteiger partial charge in [-0.2, -0.15) is 0 Å². The molecule has 1 amide bonds. The molecule has 6 heteroatoms. The minimum Gasteiger partial charge on any atom is -0.466 e. The Kier molecular flexibility index (Phi) is 72.4. The zero-order valence-electron chi connectivity index (χ0n) is 57.4. The molecular weight excluding hydrogens is 1040 g/mol. The average Bonchev–Trinajstić information content (AvgIpc) is 3.52. The molecule has 0 aromatic heterocycles. The third kappa shape index (κ3) is 70.8. The van der Waals surface area contributed by atoms with E-state index in [9.17, 15) is 19.8 Å². The van der Waals surface area contributed by atoms with Crippen molar-refractivity contribution in [1.29, 1.82) is 0 Å². The minimum atomic E-state index is -0.662. The molecule has 3 N–H and O–H groups in total. The summed E-state index contributed by atoms with van der Waals surface area (Å²) in [7, 11) is 0. The maximum atomic E-state index is 12.5. The largest absolute Gasteiger partial charge is 0.466 e. The van der Waals surface area contributed by atoms with Crippen molar-refractivity contribution in [2.45, 2.75) is 431 Å². The number of hydrogen-bond donors (Lipinski definition) is 3. The Balaban J connectivity index is 3.35. The number of aliphatic hydroxyl groups is 2. The van der Waals surface area contributed by atoms with E-state index >= 15 is 0 Å². The van der Waals surface area contributed by atoms with Gasteiger partial charge in [-0.15, -0.1) is 0 Å². The fourth-order valence-electron chi connectivity index (χ4n) is 12.0. The second kappa shape index (κ2) is 74.3. The zero-order chi connectivity index (χ0) is 61.3. The molecule has 0 aromatic carbocycles. The van der Waals surface area contributed by atoms with Gasteiger partial charge in [-0.05, 0) is 83.5 Å². The van der Waals surface area contributed by atoms with Crippen molar-refractivity contribution in [3.8, 4) is 0 Å². The number of hydrogen-bond acceptors (Lipinski definition) is 5. The molecular formula is C79H149NO5. The van der Waals surface area contributed by atoms with Gasteiger partial charge in [-0.1, -0.05) is 371 Å². The van der Waals surface area contributed by atoms with Crippen LogP contribution < -0.4 is 5.32 Å². The highest BCUT2D eigenvalue weighted by Gasteiger charge is 2.20. The summed E-state index contributed by atoms with van der Waals surface area (Å²) >= 11 is 0. The third-order valence-corrected chi connectivity index (χ3v) is 17.9. The molecule has 0 radical (unpaired) electrons. The van der Waals surface area contributed by atoms with Crippen molar-refractivity contribution in [3.05, 3.63) is 48.6 Å². The van der Waals surface area contributed by atoms with Gasteiger partial charge < -0.3 is 20.3 Å². The highest BCUT2D eigenvalue weighted by atomic mass is 16.5. The quantitative estimate of drug-likeness (QED) is 0.0320. The van der Waals surface area contributed by atoms with Crippen LogP contribution in [0.3, 0.4) is 0 Å². The maximum Gasteiger partial charge on any atom is 0.305 e. The molecule has 0 saturated heterocycles. The van der Waals surface area contributed by atoms with Gasteiger partial charge in [0.25, 0.3) is 0 Å². The highest BCUT2D eigenvalue weighted by Crippen LogP contribution is 2.19. The van der Waals surface area contributed by atoms with Crippen molar-refractivity contribution >= 4 is 11.9 Å². The topological polar surface area (TPSA) is 95.9 Å². The van der Waals surface area contributed by atoms with Crippen molar-refractivity contribution in [1.82, 2.24) is 5.32 Å². The van der Waals surface area contributed by atoms with E-state index in [2.05, 4.69) is 67.8 Å². The Hall–Kier alpha value is -2.18. The molecule has 0 spiro atoms. The van der Waals surface area contributed by atoms with E-state index in [1.807, 2.05) is 0 Å². The van der Waals surface area contributed by atoms with Gasteiger partial charge in [0.05, 0.1) is 25.4 Å². The normalized spacial score (nSPS) is 12.8. The fraction of sp³-hybridized carbons (Fsp3) is 0.873. The fourth-order valence-corrected chi connectivity index (χ4v) is 12.0. The monoisotopic (exact) mass is 1190 g/mol. The number of carbonyl (C=O) groups is 2. The Morgan fingerprint density at radius 3 is 0.929 bits per heavy atom. The predicted octanol–water partition coefficient (Wildman–Crippen LogP) is 25.2. The molecule has 0 aliphatic carbocycles. The number of amides is 1. The molecule has 0 saturated carbocycles. The summed E-state index contributed by atoms with van der Waals surface area (Å²) in [6, 6.07) is -0.539. The maximum absolute atomic E-state index is 12.5. The van der Waals surface area contributed by atoms with Crippen molar-refractivity contribution in [2.24, 2.45) is 0 Å². The second-order valence-corrected chi connectivity index (χ2v) is 26.3. The van der Waals surface area contributed by atoms with E-state index in [0.29, 0.717) is 25.9 Å². The van der Waals surface area contributed by atoms with Gasteiger partial charge in [0.15, 0.2) is 0 Å². The van der Waals surface area contributed by atoms with Crippen molar-refractivity contribution in [2.75, 3.05) is 13.2 Å². The van der Waals surface area contributed by atoms with Crippen LogP contribution in [-0.2, 0) is 14.3 Å². The number of allylic oxidation sites excluding steroid dienone is 8. The number of aliphatic hydroxyl groups excluding tert-OH is 2. The van der Waals surface area contributed by atoms with Crippen LogP contribution in [0.4, 0.5) is 0 Å². The first kappa shape index (κ1) is 82.8. The summed E-state index contributed by atoms with van der Waals surface area (Å²) in [5.74, 6) is -0.0233. The summed E-state index contributed by atoms with van der Waals surface area (Å²) in [5, 5.41) is 23.4. The second-order valence-electron chi connectivity index (χ2n) is 26.3. The van der Waals surface area contributed by atoms with E-state index in [-0.39, 0.29) is 18.5 Å². The van der Waals surface area contributed by atoms with Crippen molar-refractivity contribution < 1.29 is 24.5 Å². The average molecular weight is 1190 g/mol. The third-order valence-electron chi connectivity index (χ3n) is 17.9. The van der Waals surface area contributed by atoms with Gasteiger partial charge in [0, 0.05) is 12.8 Å². The van der Waals surface area contributed by atoms with Crippen LogP contribution in [0.1, 0.15) is 418 Å². The summed E-state index contributed by atoms with van der Waals surface area (Å²) in [6.07, 6.45) is 97.7. The first-order valence-electron chi connectivity index (χ1n) is 38.4. The number of nitrogens with one attached hydrogen (secondary N) is 1. The molecule has 0 rings (SSSR count). The van der Waals surface area contributed by atoms with Crippen LogP contribution in [0.25, 0.3) is 0 Å². The van der Waals surface area contributed by atoms with E-state index in [4.69, 9.17) is 4.74 Å². The van der Waals surface area contributed by atoms with E-state index < -0.39 is 12.1 Å². The molecule has 85 heavy (non-hydrogen) atoms. The molecule has 0 fully saturated rings. The van der Waals surface area contributed by atoms with Crippen molar-refractivity contribution in [3.63, 3.8) is 0 Å². The lowest BCUT2D eigenvalue weighted by molar-refractivity contribution is -0.143. The van der Waals surface area contributed by atoms with Gasteiger partial charge in [-0.3, -0.25) is 9.59 Å². The Morgan fingerprint density at radius 1 is 0.329 bits per heavy atom. The SMILES string of the molecule is CCCC/C=C\C/C=C\CCCCCCCC(=O)OCCCCCCCCCCCCCCCCC/C=C\C/C=C\CCCCCCCCCCCCCCCCCCCC(=O)NC(CO)C(O)CCCCCCCCCCCCCCCCC. The van der Waals surface area contributed by atoms with Crippen LogP contribution >= 0.6 is 0 Å². The molecule has 0 bridgehead atoms. The van der Waals surface area contributed by atoms with Crippen LogP contribution in [0.2, 0.25) is 0 Å². The summed E-state index contributed by atoms with van der Waals surface area (Å²) in [6.45, 7) is 4.94. The zero-order valence-corrected chi connectivity index (χ0v) is 57.4. The van der Waals surface area contributed by atoms with E-state index in [0.717, 1.165) is 57.8 Å². The summed E-state index contributed by atoms with van der Waals surface area (Å²) in [5.41, 5.74) is 0. The number of unbranched alkanes of at least 4 members (excludes halogenated alkanes) is 53. The van der Waals surface area contributed by atoms with Gasteiger partial charge in [-0.25, -0.2) is 0 Å². The molecule has 6 nitrogen and oxygen atoms in total. The number of carbonyl (C=O) groups excluding carboxylic acids is 2. The highest BCUT2D eigenvalue weighted by molar-refractivity contribution is 5.76. The van der Waals surface area contributed by atoms with Crippen LogP contribution in [0.5, 0.6) is 0 Å². The van der Waals surface area contributed by atoms with Gasteiger partial charge in [0.2, 0.25) is 5.91 Å². The van der Waals surface area contributed by atoms with Crippen LogP contribution in [0.15, 0.2) is 48.6 Å². The van der Waals surface area contributed by atoms with Gasteiger partial charge >= 0.3 is 5.97 Å². The number of esters is 1. The number of rotatable bonds is 72. The smallest absolute Gasteiger partial charge is 0.305 e. The van der Waals surface area contributed by atoms with E-state index in [1.165, 1.54) is 327 Å². The molecule has 2 unspecified atom stereocenters. The van der Waals surface area contributed by atoms with E-state index in [1.54, 1.807) is 0 Å². The Bertz CT molecular complexity index is 1420. The first-order chi connectivity index (χ1) is 42.0. The lowest BCUT2D eigenvalue weighted by Gasteiger charge is -2.22. The molecule has 500 valence electrons. The molecule has 0 heterocycles. The van der Waals surface area contributed by atoms with Gasteiger partial charge in [0.1, 0.15) is 0 Å².